The molecule has 0 aliphatic carbocycles. The van der Waals surface area contributed by atoms with Crippen LogP contribution in [0.1, 0.15) is 45.9 Å². The number of nitrogens with one attached hydrogen (secondary N) is 1. The lowest BCUT2D eigenvalue weighted by Crippen LogP contribution is -2.38. The third-order valence-electron chi connectivity index (χ3n) is 4.44. The van der Waals surface area contributed by atoms with Gasteiger partial charge in [0.25, 0.3) is 5.91 Å². The molecule has 1 atom stereocenters. The number of rotatable bonds is 6. The van der Waals surface area contributed by atoms with Crippen molar-refractivity contribution in [1.82, 2.24) is 10.5 Å². The monoisotopic (exact) mass is 378 g/mol. The third-order valence-corrected chi connectivity index (χ3v) is 4.44. The summed E-state index contributed by atoms with van der Waals surface area (Å²) in [5, 5.41) is 6.71. The van der Waals surface area contributed by atoms with E-state index in [9.17, 15) is 9.59 Å². The zero-order valence-corrected chi connectivity index (χ0v) is 16.0. The quantitative estimate of drug-likeness (QED) is 0.661. The van der Waals surface area contributed by atoms with Crippen LogP contribution in [-0.4, -0.2) is 23.1 Å². The highest BCUT2D eigenvalue weighted by molar-refractivity contribution is 5.94. The van der Waals surface area contributed by atoms with Crippen molar-refractivity contribution in [3.8, 4) is 0 Å². The number of ether oxygens (including phenoxy) is 1. The van der Waals surface area contributed by atoms with E-state index in [0.29, 0.717) is 11.5 Å². The van der Waals surface area contributed by atoms with E-state index < -0.39 is 18.0 Å². The maximum atomic E-state index is 12.7. The van der Waals surface area contributed by atoms with E-state index in [-0.39, 0.29) is 11.6 Å². The van der Waals surface area contributed by atoms with Crippen LogP contribution >= 0.6 is 0 Å². The lowest BCUT2D eigenvalue weighted by molar-refractivity contribution is -0.129. The van der Waals surface area contributed by atoms with Gasteiger partial charge >= 0.3 is 5.97 Å². The van der Waals surface area contributed by atoms with Crippen LogP contribution in [0.5, 0.6) is 0 Å². The van der Waals surface area contributed by atoms with Gasteiger partial charge < -0.3 is 14.6 Å². The van der Waals surface area contributed by atoms with Crippen LogP contribution in [0.2, 0.25) is 0 Å². The molecule has 6 nitrogen and oxygen atoms in total. The van der Waals surface area contributed by atoms with E-state index in [0.717, 1.165) is 11.1 Å². The molecule has 0 unspecified atom stereocenters. The van der Waals surface area contributed by atoms with Crippen molar-refractivity contribution in [3.05, 3.63) is 88.8 Å². The van der Waals surface area contributed by atoms with Crippen LogP contribution in [0.15, 0.2) is 65.2 Å². The summed E-state index contributed by atoms with van der Waals surface area (Å²) < 4.78 is 10.3. The largest absolute Gasteiger partial charge is 0.449 e. The number of carbonyl (C=O) groups excluding carboxylic acids is 2. The topological polar surface area (TPSA) is 81.4 Å². The summed E-state index contributed by atoms with van der Waals surface area (Å²) in [5.74, 6) is -0.658. The Morgan fingerprint density at radius 2 is 1.50 bits per heavy atom. The van der Waals surface area contributed by atoms with Crippen molar-refractivity contribution < 1.29 is 18.8 Å². The summed E-state index contributed by atoms with van der Waals surface area (Å²) >= 11 is 0. The molecule has 1 amide bonds. The van der Waals surface area contributed by atoms with Crippen LogP contribution in [0.25, 0.3) is 0 Å². The number of benzene rings is 2. The van der Waals surface area contributed by atoms with Gasteiger partial charge in [-0.1, -0.05) is 65.8 Å². The first kappa shape index (κ1) is 19.4. The fourth-order valence-corrected chi connectivity index (χ4v) is 2.96. The van der Waals surface area contributed by atoms with Gasteiger partial charge in [0.15, 0.2) is 6.10 Å². The number of amides is 1. The number of hydrogen-bond donors (Lipinski definition) is 1. The molecule has 144 valence electrons. The molecule has 28 heavy (non-hydrogen) atoms. The molecule has 6 heteroatoms. The van der Waals surface area contributed by atoms with Crippen molar-refractivity contribution in [3.63, 3.8) is 0 Å². The lowest BCUT2D eigenvalue weighted by Gasteiger charge is -2.22. The highest BCUT2D eigenvalue weighted by atomic mass is 16.5. The van der Waals surface area contributed by atoms with Crippen LogP contribution in [-0.2, 0) is 9.53 Å². The third kappa shape index (κ3) is 4.28. The van der Waals surface area contributed by atoms with E-state index in [1.54, 1.807) is 20.8 Å². The Hall–Kier alpha value is -3.41. The maximum Gasteiger partial charge on any atom is 0.344 e. The average molecular weight is 378 g/mol. The molecule has 0 bridgehead atoms. The number of aromatic nitrogens is 1. The van der Waals surface area contributed by atoms with Gasteiger partial charge in [0.1, 0.15) is 11.3 Å². The van der Waals surface area contributed by atoms with Crippen molar-refractivity contribution in [2.24, 2.45) is 0 Å². The summed E-state index contributed by atoms with van der Waals surface area (Å²) in [6, 6.07) is 18.9. The molecule has 3 aromatic rings. The van der Waals surface area contributed by atoms with Gasteiger partial charge in [-0.15, -0.1) is 0 Å². The van der Waals surface area contributed by atoms with Gasteiger partial charge in [-0.3, -0.25) is 4.79 Å². The number of carbonyl (C=O) groups is 2. The lowest BCUT2D eigenvalue weighted by atomic mass is 9.98. The van der Waals surface area contributed by atoms with E-state index in [1.165, 1.54) is 0 Å². The highest BCUT2D eigenvalue weighted by Gasteiger charge is 2.26. The summed E-state index contributed by atoms with van der Waals surface area (Å²) in [5.41, 5.74) is 2.56. The first-order valence-corrected chi connectivity index (χ1v) is 9.01. The zero-order valence-electron chi connectivity index (χ0n) is 16.0. The zero-order chi connectivity index (χ0) is 20.1. The molecule has 0 spiro atoms. The molecule has 1 N–H and O–H groups in total. The van der Waals surface area contributed by atoms with Gasteiger partial charge in [-0.2, -0.15) is 0 Å². The fraction of sp³-hybridized carbons (Fsp3) is 0.227. The van der Waals surface area contributed by atoms with Crippen molar-refractivity contribution in [2.75, 3.05) is 0 Å². The van der Waals surface area contributed by atoms with Crippen LogP contribution in [0, 0.1) is 13.8 Å². The number of nitrogens with zero attached hydrogens (tertiary/aromatic N) is 1. The molecule has 1 heterocycles. The van der Waals surface area contributed by atoms with E-state index >= 15 is 0 Å². The molecule has 1 aromatic heterocycles. The standard InChI is InChI=1S/C22H22N2O4/c1-14-19(15(2)28-24-14)22(26)27-16(3)21(25)23-20(17-10-6-4-7-11-17)18-12-8-5-9-13-18/h4-13,16,20H,1-3H3,(H,23,25)/t16-/m1/s1. The number of hydrogen-bond acceptors (Lipinski definition) is 5. The first-order valence-electron chi connectivity index (χ1n) is 9.01. The first-order chi connectivity index (χ1) is 13.5. The molecule has 0 saturated carbocycles. The van der Waals surface area contributed by atoms with Crippen LogP contribution < -0.4 is 5.32 Å². The molecular weight excluding hydrogens is 356 g/mol. The Morgan fingerprint density at radius 3 is 1.96 bits per heavy atom. The molecule has 3 rings (SSSR count). The van der Waals surface area contributed by atoms with Gasteiger partial charge in [0.2, 0.25) is 0 Å². The second-order valence-electron chi connectivity index (χ2n) is 6.51. The number of esters is 1. The minimum absolute atomic E-state index is 0.252. The summed E-state index contributed by atoms with van der Waals surface area (Å²) in [7, 11) is 0. The molecule has 2 aromatic carbocycles. The Balaban J connectivity index is 1.75. The Kier molecular flexibility index (Phi) is 5.89. The predicted octanol–water partition coefficient (Wildman–Crippen LogP) is 3.74. The molecule has 0 aliphatic rings. The molecule has 0 aliphatic heterocycles. The second-order valence-corrected chi connectivity index (χ2v) is 6.51. The summed E-state index contributed by atoms with van der Waals surface area (Å²) in [4.78, 5) is 25.1. The van der Waals surface area contributed by atoms with Gasteiger partial charge in [-0.05, 0) is 31.9 Å². The molecule has 0 radical (unpaired) electrons. The SMILES string of the molecule is Cc1noc(C)c1C(=O)O[C@H](C)C(=O)NC(c1ccccc1)c1ccccc1. The summed E-state index contributed by atoms with van der Waals surface area (Å²) in [6.45, 7) is 4.82. The Morgan fingerprint density at radius 1 is 0.964 bits per heavy atom. The Labute approximate surface area is 163 Å². The van der Waals surface area contributed by atoms with Gasteiger partial charge in [0.05, 0.1) is 11.7 Å². The van der Waals surface area contributed by atoms with Crippen LogP contribution in [0.3, 0.4) is 0 Å². The normalized spacial score (nSPS) is 11.9. The fourth-order valence-electron chi connectivity index (χ4n) is 2.96. The van der Waals surface area contributed by atoms with E-state index in [1.807, 2.05) is 60.7 Å². The molecular formula is C22H22N2O4. The van der Waals surface area contributed by atoms with Crippen LogP contribution in [0.4, 0.5) is 0 Å². The van der Waals surface area contributed by atoms with Crippen molar-refractivity contribution in [1.29, 1.82) is 0 Å². The maximum absolute atomic E-state index is 12.7. The van der Waals surface area contributed by atoms with Crippen molar-refractivity contribution in [2.45, 2.75) is 32.9 Å². The van der Waals surface area contributed by atoms with Crippen molar-refractivity contribution >= 4 is 11.9 Å². The highest BCUT2D eigenvalue weighted by Crippen LogP contribution is 2.22. The summed E-state index contributed by atoms with van der Waals surface area (Å²) in [6.07, 6.45) is -0.976. The minimum Gasteiger partial charge on any atom is -0.449 e. The van der Waals surface area contributed by atoms with Gasteiger partial charge in [0, 0.05) is 0 Å². The molecule has 0 fully saturated rings. The molecule has 0 saturated heterocycles. The van der Waals surface area contributed by atoms with Gasteiger partial charge in [-0.25, -0.2) is 4.79 Å². The average Bonchev–Trinajstić information content (AvgIpc) is 3.05. The second kappa shape index (κ2) is 8.52. The smallest absolute Gasteiger partial charge is 0.344 e. The Bertz CT molecular complexity index is 892. The van der Waals surface area contributed by atoms with E-state index in [2.05, 4.69) is 10.5 Å². The number of aryl methyl sites for hydroxylation is 2. The van der Waals surface area contributed by atoms with E-state index in [4.69, 9.17) is 9.26 Å². The minimum atomic E-state index is -0.976. The predicted molar refractivity (Wildman–Crippen MR) is 104 cm³/mol.